The summed E-state index contributed by atoms with van der Waals surface area (Å²) in [5.74, 6) is 1.71. The van der Waals surface area contributed by atoms with Crippen LogP contribution in [-0.4, -0.2) is 24.7 Å². The normalized spacial score (nSPS) is 19.1. The van der Waals surface area contributed by atoms with E-state index in [1.165, 1.54) is 16.5 Å². The van der Waals surface area contributed by atoms with Crippen LogP contribution in [0.2, 0.25) is 0 Å². The number of rotatable bonds is 1. The highest BCUT2D eigenvalue weighted by Gasteiger charge is 2.26. The summed E-state index contributed by atoms with van der Waals surface area (Å²) in [6.45, 7) is 2.17. The molecular weight excluding hydrogens is 300 g/mol. The minimum absolute atomic E-state index is 0.0918. The molecule has 2 aliphatic heterocycles. The third-order valence-corrected chi connectivity index (χ3v) is 4.77. The van der Waals surface area contributed by atoms with Crippen molar-refractivity contribution in [1.29, 1.82) is 0 Å². The lowest BCUT2D eigenvalue weighted by molar-refractivity contribution is 0.171. The molecule has 2 aromatic carbocycles. The molecule has 4 nitrogen and oxygen atoms in total. The second kappa shape index (κ2) is 5.49. The molecule has 0 amide bonds. The van der Waals surface area contributed by atoms with Crippen LogP contribution in [0.25, 0.3) is 10.9 Å². The highest BCUT2D eigenvalue weighted by atomic mass is 16.6. The van der Waals surface area contributed by atoms with Gasteiger partial charge in [0.2, 0.25) is 0 Å². The maximum absolute atomic E-state index is 5.77. The molecule has 0 aliphatic carbocycles. The molecule has 24 heavy (non-hydrogen) atoms. The average molecular weight is 318 g/mol. The van der Waals surface area contributed by atoms with Gasteiger partial charge in [-0.25, -0.2) is 0 Å². The summed E-state index contributed by atoms with van der Waals surface area (Å²) in [6.07, 6.45) is 0.996. The number of pyridine rings is 1. The van der Waals surface area contributed by atoms with E-state index in [9.17, 15) is 0 Å². The standard InChI is InChI=1S/C20H18N2O2/c1-2-4-16-13(3-1)5-6-17(22-16)20-15-12-19-18(23-9-10-24-19)11-14(15)7-8-21-20/h1-6,11-12,20-21H,7-10H2. The average Bonchev–Trinajstić information content (AvgIpc) is 2.65. The van der Waals surface area contributed by atoms with Crippen LogP contribution >= 0.6 is 0 Å². The molecule has 1 atom stereocenters. The SMILES string of the molecule is c1ccc2nc(C3NCCc4cc5c(cc43)OCCO5)ccc2c1. The van der Waals surface area contributed by atoms with Gasteiger partial charge in [0.15, 0.2) is 11.5 Å². The van der Waals surface area contributed by atoms with Gasteiger partial charge in [-0.05, 0) is 41.8 Å². The molecule has 5 rings (SSSR count). The van der Waals surface area contributed by atoms with Crippen molar-refractivity contribution in [2.45, 2.75) is 12.5 Å². The number of hydrogen-bond donors (Lipinski definition) is 1. The van der Waals surface area contributed by atoms with Crippen molar-refractivity contribution in [3.05, 3.63) is 65.4 Å². The molecule has 2 aliphatic rings. The van der Waals surface area contributed by atoms with Crippen LogP contribution in [0.1, 0.15) is 22.9 Å². The van der Waals surface area contributed by atoms with Gasteiger partial charge in [0.05, 0.1) is 17.3 Å². The fourth-order valence-electron chi connectivity index (χ4n) is 3.60. The van der Waals surface area contributed by atoms with Crippen LogP contribution < -0.4 is 14.8 Å². The number of fused-ring (bicyclic) bond motifs is 3. The van der Waals surface area contributed by atoms with Gasteiger partial charge in [-0.2, -0.15) is 0 Å². The van der Waals surface area contributed by atoms with Crippen LogP contribution in [-0.2, 0) is 6.42 Å². The molecule has 1 unspecified atom stereocenters. The molecule has 0 saturated carbocycles. The molecule has 0 fully saturated rings. The third kappa shape index (κ3) is 2.22. The van der Waals surface area contributed by atoms with E-state index >= 15 is 0 Å². The fraction of sp³-hybridized carbons (Fsp3) is 0.250. The monoisotopic (exact) mass is 318 g/mol. The van der Waals surface area contributed by atoms with Gasteiger partial charge in [0.1, 0.15) is 13.2 Å². The summed E-state index contributed by atoms with van der Waals surface area (Å²) < 4.78 is 11.5. The van der Waals surface area contributed by atoms with Gasteiger partial charge < -0.3 is 14.8 Å². The maximum atomic E-state index is 5.77. The van der Waals surface area contributed by atoms with Crippen molar-refractivity contribution in [2.24, 2.45) is 0 Å². The number of nitrogens with zero attached hydrogens (tertiary/aromatic N) is 1. The van der Waals surface area contributed by atoms with Crippen LogP contribution in [0.15, 0.2) is 48.5 Å². The number of benzene rings is 2. The van der Waals surface area contributed by atoms with Gasteiger partial charge in [-0.15, -0.1) is 0 Å². The summed E-state index contributed by atoms with van der Waals surface area (Å²) >= 11 is 0. The van der Waals surface area contributed by atoms with E-state index in [4.69, 9.17) is 14.5 Å². The topological polar surface area (TPSA) is 43.4 Å². The molecule has 3 aromatic rings. The molecule has 0 bridgehead atoms. The van der Waals surface area contributed by atoms with E-state index in [1.807, 2.05) is 12.1 Å². The number of para-hydroxylation sites is 1. The fourth-order valence-corrected chi connectivity index (χ4v) is 3.60. The Bertz CT molecular complexity index is 923. The molecule has 0 spiro atoms. The molecule has 3 heterocycles. The summed E-state index contributed by atoms with van der Waals surface area (Å²) in [4.78, 5) is 4.88. The first-order valence-corrected chi connectivity index (χ1v) is 8.40. The lowest BCUT2D eigenvalue weighted by Crippen LogP contribution is -2.31. The Labute approximate surface area is 140 Å². The van der Waals surface area contributed by atoms with Gasteiger partial charge in [-0.3, -0.25) is 4.98 Å². The number of aromatic nitrogens is 1. The van der Waals surface area contributed by atoms with Gasteiger partial charge in [0, 0.05) is 11.9 Å². The van der Waals surface area contributed by atoms with Crippen LogP contribution in [0.4, 0.5) is 0 Å². The van der Waals surface area contributed by atoms with Crippen molar-refractivity contribution in [2.75, 3.05) is 19.8 Å². The number of nitrogens with one attached hydrogen (secondary N) is 1. The molecule has 0 radical (unpaired) electrons. The van der Waals surface area contributed by atoms with Crippen molar-refractivity contribution in [1.82, 2.24) is 10.3 Å². The van der Waals surface area contributed by atoms with Crippen LogP contribution in [0, 0.1) is 0 Å². The minimum atomic E-state index is 0.0918. The summed E-state index contributed by atoms with van der Waals surface area (Å²) in [7, 11) is 0. The third-order valence-electron chi connectivity index (χ3n) is 4.77. The lowest BCUT2D eigenvalue weighted by Gasteiger charge is -2.29. The van der Waals surface area contributed by atoms with E-state index in [0.717, 1.165) is 35.7 Å². The van der Waals surface area contributed by atoms with E-state index in [2.05, 4.69) is 41.7 Å². The maximum Gasteiger partial charge on any atom is 0.161 e. The van der Waals surface area contributed by atoms with Gasteiger partial charge in [0.25, 0.3) is 0 Å². The Morgan fingerprint density at radius 3 is 2.71 bits per heavy atom. The molecule has 1 N–H and O–H groups in total. The Kier molecular flexibility index (Phi) is 3.16. The molecule has 1 aromatic heterocycles. The Hall–Kier alpha value is -2.59. The first kappa shape index (κ1) is 13.8. The molecule has 120 valence electrons. The van der Waals surface area contributed by atoms with Crippen molar-refractivity contribution in [3.63, 3.8) is 0 Å². The van der Waals surface area contributed by atoms with Crippen molar-refractivity contribution >= 4 is 10.9 Å². The zero-order chi connectivity index (χ0) is 15.9. The second-order valence-corrected chi connectivity index (χ2v) is 6.26. The van der Waals surface area contributed by atoms with E-state index in [-0.39, 0.29) is 6.04 Å². The van der Waals surface area contributed by atoms with E-state index < -0.39 is 0 Å². The smallest absolute Gasteiger partial charge is 0.161 e. The minimum Gasteiger partial charge on any atom is -0.486 e. The van der Waals surface area contributed by atoms with Gasteiger partial charge >= 0.3 is 0 Å². The van der Waals surface area contributed by atoms with E-state index in [0.29, 0.717) is 13.2 Å². The summed E-state index contributed by atoms with van der Waals surface area (Å²) in [5, 5.41) is 4.77. The first-order chi connectivity index (χ1) is 11.9. The van der Waals surface area contributed by atoms with Crippen LogP contribution in [0.3, 0.4) is 0 Å². The Morgan fingerprint density at radius 1 is 0.958 bits per heavy atom. The Morgan fingerprint density at radius 2 is 1.79 bits per heavy atom. The summed E-state index contributed by atoms with van der Waals surface area (Å²) in [6, 6.07) is 16.8. The predicted octanol–water partition coefficient (Wildman–Crippen LogP) is 3.24. The number of ether oxygens (including phenoxy) is 2. The molecular formula is C20H18N2O2. The highest BCUT2D eigenvalue weighted by Crippen LogP contribution is 2.38. The zero-order valence-electron chi connectivity index (χ0n) is 13.3. The summed E-state index contributed by atoms with van der Waals surface area (Å²) in [5.41, 5.74) is 4.64. The van der Waals surface area contributed by atoms with Gasteiger partial charge in [-0.1, -0.05) is 24.3 Å². The van der Waals surface area contributed by atoms with Crippen molar-refractivity contribution in [3.8, 4) is 11.5 Å². The quantitative estimate of drug-likeness (QED) is 0.748. The molecule has 0 saturated heterocycles. The van der Waals surface area contributed by atoms with Crippen molar-refractivity contribution < 1.29 is 9.47 Å². The van der Waals surface area contributed by atoms with E-state index in [1.54, 1.807) is 0 Å². The largest absolute Gasteiger partial charge is 0.486 e. The molecule has 4 heteroatoms. The number of hydrogen-bond acceptors (Lipinski definition) is 4. The predicted molar refractivity (Wildman–Crippen MR) is 92.7 cm³/mol. The zero-order valence-corrected chi connectivity index (χ0v) is 13.3. The highest BCUT2D eigenvalue weighted by molar-refractivity contribution is 5.78. The lowest BCUT2D eigenvalue weighted by atomic mass is 9.91. The van der Waals surface area contributed by atoms with Crippen LogP contribution in [0.5, 0.6) is 11.5 Å². The Balaban J connectivity index is 1.62. The second-order valence-electron chi connectivity index (χ2n) is 6.26. The first-order valence-electron chi connectivity index (χ1n) is 8.40.